The fraction of sp³-hybridized carbons (Fsp3) is 0.769. The van der Waals surface area contributed by atoms with Gasteiger partial charge in [-0.1, -0.05) is 37.3 Å². The number of carbonyl (C=O) groups excluding carboxylic acids is 4. The van der Waals surface area contributed by atoms with Crippen LogP contribution in [-0.4, -0.2) is 85.9 Å². The van der Waals surface area contributed by atoms with Gasteiger partial charge in [0.1, 0.15) is 17.2 Å². The Hall–Kier alpha value is -2.61. The highest BCUT2D eigenvalue weighted by Gasteiger charge is 2.49. The molecule has 1 aliphatic carbocycles. The van der Waals surface area contributed by atoms with E-state index >= 15 is 0 Å². The summed E-state index contributed by atoms with van der Waals surface area (Å²) >= 11 is 0. The van der Waals surface area contributed by atoms with Crippen LogP contribution >= 0.6 is 12.4 Å². The van der Waals surface area contributed by atoms with Crippen LogP contribution in [0.4, 0.5) is 0 Å². The molecule has 0 spiro atoms. The maximum atomic E-state index is 13.8. The number of nitrogens with two attached hydrogens (primary N) is 2. The van der Waals surface area contributed by atoms with Gasteiger partial charge in [-0.3, -0.25) is 19.2 Å². The Balaban J connectivity index is 0.00000441. The zero-order valence-corrected chi connectivity index (χ0v) is 24.0. The molecule has 13 nitrogen and oxygen atoms in total. The summed E-state index contributed by atoms with van der Waals surface area (Å²) in [5, 5.41) is 21.5. The molecule has 0 radical (unpaired) electrons. The van der Waals surface area contributed by atoms with Crippen molar-refractivity contribution in [3.05, 3.63) is 11.9 Å². The van der Waals surface area contributed by atoms with Gasteiger partial charge in [0, 0.05) is 39.0 Å². The first-order chi connectivity index (χ1) is 18.4. The number of amides is 3. The van der Waals surface area contributed by atoms with E-state index in [9.17, 15) is 24.3 Å². The maximum Gasteiger partial charge on any atom is 0.287 e. The number of nitrogens with zero attached hydrogens (tertiary/aromatic N) is 4. The molecule has 3 amide bonds. The molecule has 6 N–H and O–H groups in total. The standard InChI is InChI=1S/C26H41N7O6.ClH/c1-25(2,38)20-14-29-31-33(20)17-13-19(23(36)30-26(21(34)22(28)35)8-10-39-11-9-26)32(15-17)24(37)18(27)12-16-6-4-3-5-7-16;/h14,16-19,38H,3-13,15,27H2,1-2H3,(H2,28,35)(H,30,36);1H/t17-,18?,19-;/m0./s1. The average molecular weight is 584 g/mol. The topological polar surface area (TPSA) is 196 Å². The van der Waals surface area contributed by atoms with Gasteiger partial charge in [-0.2, -0.15) is 0 Å². The van der Waals surface area contributed by atoms with Crippen LogP contribution in [-0.2, 0) is 29.5 Å². The van der Waals surface area contributed by atoms with Gasteiger partial charge in [0.15, 0.2) is 0 Å². The first-order valence-electron chi connectivity index (χ1n) is 13.9. The van der Waals surface area contributed by atoms with E-state index in [1.54, 1.807) is 18.5 Å². The Labute approximate surface area is 240 Å². The van der Waals surface area contributed by atoms with Crippen LogP contribution in [0.5, 0.6) is 0 Å². The zero-order valence-electron chi connectivity index (χ0n) is 23.2. The van der Waals surface area contributed by atoms with Crippen LogP contribution in [0.15, 0.2) is 6.20 Å². The number of rotatable bonds is 9. The maximum absolute atomic E-state index is 13.8. The molecule has 224 valence electrons. The second kappa shape index (κ2) is 12.9. The van der Waals surface area contributed by atoms with Crippen molar-refractivity contribution in [3.8, 4) is 0 Å². The number of likely N-dealkylation sites (tertiary alicyclic amines) is 1. The summed E-state index contributed by atoms with van der Waals surface area (Å²) in [5.74, 6) is -2.59. The van der Waals surface area contributed by atoms with E-state index in [0.717, 1.165) is 25.7 Å². The summed E-state index contributed by atoms with van der Waals surface area (Å²) in [7, 11) is 0. The molecule has 1 saturated carbocycles. The van der Waals surface area contributed by atoms with Crippen LogP contribution in [0.1, 0.15) is 83.4 Å². The number of carbonyl (C=O) groups is 4. The fourth-order valence-electron chi connectivity index (χ4n) is 6.21. The average Bonchev–Trinajstić information content (AvgIpc) is 3.56. The van der Waals surface area contributed by atoms with Crippen molar-refractivity contribution >= 4 is 35.9 Å². The predicted molar refractivity (Wildman–Crippen MR) is 146 cm³/mol. The van der Waals surface area contributed by atoms with E-state index in [2.05, 4.69) is 15.6 Å². The van der Waals surface area contributed by atoms with Crippen molar-refractivity contribution in [2.24, 2.45) is 17.4 Å². The number of hydrogen-bond acceptors (Lipinski definition) is 9. The van der Waals surface area contributed by atoms with E-state index in [0.29, 0.717) is 18.0 Å². The zero-order chi connectivity index (χ0) is 28.4. The van der Waals surface area contributed by atoms with Gasteiger partial charge >= 0.3 is 0 Å². The Morgan fingerprint density at radius 2 is 1.85 bits per heavy atom. The quantitative estimate of drug-likeness (QED) is 0.291. The molecule has 1 aromatic heterocycles. The third-order valence-corrected chi connectivity index (χ3v) is 8.41. The van der Waals surface area contributed by atoms with Crippen LogP contribution in [0, 0.1) is 5.92 Å². The first kappa shape index (κ1) is 31.9. The molecule has 2 aliphatic heterocycles. The molecular formula is C26H42ClN7O6. The Morgan fingerprint density at radius 1 is 1.20 bits per heavy atom. The number of Topliss-reactive ketones (excluding diaryl/α,β-unsaturated/α-hetero) is 1. The normalized spacial score (nSPS) is 24.1. The third-order valence-electron chi connectivity index (χ3n) is 8.41. The highest BCUT2D eigenvalue weighted by Crippen LogP contribution is 2.34. The molecule has 1 aromatic rings. The summed E-state index contributed by atoms with van der Waals surface area (Å²) in [4.78, 5) is 53.6. The molecule has 40 heavy (non-hydrogen) atoms. The highest BCUT2D eigenvalue weighted by atomic mass is 35.5. The van der Waals surface area contributed by atoms with Crippen LogP contribution in [0.2, 0.25) is 0 Å². The van der Waals surface area contributed by atoms with E-state index in [1.165, 1.54) is 17.5 Å². The van der Waals surface area contributed by atoms with E-state index in [-0.39, 0.29) is 57.3 Å². The first-order valence-corrected chi connectivity index (χ1v) is 13.9. The minimum absolute atomic E-state index is 0. The van der Waals surface area contributed by atoms with Crippen molar-refractivity contribution in [2.75, 3.05) is 19.8 Å². The second-order valence-corrected chi connectivity index (χ2v) is 11.7. The largest absolute Gasteiger partial charge is 0.384 e. The molecular weight excluding hydrogens is 542 g/mol. The van der Waals surface area contributed by atoms with Gasteiger partial charge in [0.2, 0.25) is 17.6 Å². The summed E-state index contributed by atoms with van der Waals surface area (Å²) in [5.41, 5.74) is 9.44. The SMILES string of the molecule is CC(C)(O)c1cnnn1[C@H]1C[C@@H](C(=O)NC2(C(=O)C(N)=O)CCOCC2)N(C(=O)C(N)CC2CCCCC2)C1.Cl. The molecule has 3 fully saturated rings. The molecule has 0 bridgehead atoms. The third kappa shape index (κ3) is 6.81. The molecule has 0 aromatic carbocycles. The van der Waals surface area contributed by atoms with Crippen molar-refractivity contribution in [1.82, 2.24) is 25.2 Å². The summed E-state index contributed by atoms with van der Waals surface area (Å²) < 4.78 is 6.90. The Kier molecular flexibility index (Phi) is 10.3. The smallest absolute Gasteiger partial charge is 0.287 e. The number of hydrogen-bond donors (Lipinski definition) is 4. The van der Waals surface area contributed by atoms with Crippen LogP contribution in [0.3, 0.4) is 0 Å². The molecule has 3 atom stereocenters. The molecule has 2 saturated heterocycles. The number of ether oxygens (including phenoxy) is 1. The van der Waals surface area contributed by atoms with Gasteiger partial charge in [0.25, 0.3) is 5.91 Å². The summed E-state index contributed by atoms with van der Waals surface area (Å²) in [6.07, 6.45) is 7.83. The second-order valence-electron chi connectivity index (χ2n) is 11.7. The Bertz CT molecular complexity index is 1080. The lowest BCUT2D eigenvalue weighted by atomic mass is 9.84. The lowest BCUT2D eigenvalue weighted by Gasteiger charge is -2.37. The number of halogens is 1. The molecule has 3 heterocycles. The number of aromatic nitrogens is 3. The highest BCUT2D eigenvalue weighted by molar-refractivity contribution is 6.39. The lowest BCUT2D eigenvalue weighted by molar-refractivity contribution is -0.147. The van der Waals surface area contributed by atoms with Gasteiger partial charge in [0.05, 0.1) is 24.0 Å². The monoisotopic (exact) mass is 583 g/mol. The predicted octanol–water partition coefficient (Wildman–Crippen LogP) is 0.0868. The van der Waals surface area contributed by atoms with Crippen molar-refractivity contribution in [1.29, 1.82) is 0 Å². The van der Waals surface area contributed by atoms with Gasteiger partial charge in [-0.25, -0.2) is 4.68 Å². The van der Waals surface area contributed by atoms with Gasteiger partial charge in [-0.05, 0) is 26.2 Å². The molecule has 1 unspecified atom stereocenters. The summed E-state index contributed by atoms with van der Waals surface area (Å²) in [6.45, 7) is 3.69. The van der Waals surface area contributed by atoms with Crippen LogP contribution < -0.4 is 16.8 Å². The molecule has 14 heteroatoms. The van der Waals surface area contributed by atoms with Crippen LogP contribution in [0.25, 0.3) is 0 Å². The summed E-state index contributed by atoms with van der Waals surface area (Å²) in [6, 6.07) is -2.22. The molecule has 4 rings (SSSR count). The van der Waals surface area contributed by atoms with Crippen molar-refractivity contribution in [3.63, 3.8) is 0 Å². The number of aliphatic hydroxyl groups is 1. The Morgan fingerprint density at radius 3 is 2.45 bits per heavy atom. The van der Waals surface area contributed by atoms with Crippen molar-refractivity contribution in [2.45, 2.75) is 101 Å². The lowest BCUT2D eigenvalue weighted by Crippen LogP contribution is -2.63. The fourth-order valence-corrected chi connectivity index (χ4v) is 6.21. The number of ketones is 1. The molecule has 3 aliphatic rings. The number of primary amides is 1. The van der Waals surface area contributed by atoms with E-state index in [4.69, 9.17) is 16.2 Å². The van der Waals surface area contributed by atoms with Gasteiger partial charge in [-0.15, -0.1) is 17.5 Å². The van der Waals surface area contributed by atoms with E-state index in [1.807, 2.05) is 0 Å². The van der Waals surface area contributed by atoms with Crippen molar-refractivity contribution < 1.29 is 29.0 Å². The van der Waals surface area contributed by atoms with E-state index < -0.39 is 46.9 Å². The minimum Gasteiger partial charge on any atom is -0.384 e. The number of nitrogens with one attached hydrogen (secondary N) is 1. The van der Waals surface area contributed by atoms with Gasteiger partial charge < -0.3 is 31.5 Å². The minimum atomic E-state index is -1.50.